The maximum absolute atomic E-state index is 14.0. The molecule has 2 amide bonds. The Morgan fingerprint density at radius 3 is 2.02 bits per heavy atom. The molecular formula is C34H44BrN3O4S. The standard InChI is InChI=1S/C34H44BrN3O4S/c1-23(33(40)36-30-5-3-4-6-30)37(21-24-7-11-29(35)12-8-24)32(39)22-38(43(2,41)42)31-13-9-28(10-14-31)34-18-25-15-26(19-34)17-27(16-25)20-34/h7-14,23,25-27,30H,3-6,15-22H2,1-2H3,(H,36,40)/t23-,25?,26?,27?,34?/m1/s1. The van der Waals surface area contributed by atoms with Gasteiger partial charge in [-0.2, -0.15) is 0 Å². The van der Waals surface area contributed by atoms with Gasteiger partial charge in [-0.25, -0.2) is 8.42 Å². The lowest BCUT2D eigenvalue weighted by molar-refractivity contribution is -0.139. The fourth-order valence-corrected chi connectivity index (χ4v) is 9.93. The van der Waals surface area contributed by atoms with Crippen molar-refractivity contribution in [1.29, 1.82) is 0 Å². The van der Waals surface area contributed by atoms with Gasteiger partial charge in [0.25, 0.3) is 0 Å². The number of hydrogen-bond donors (Lipinski definition) is 1. The van der Waals surface area contributed by atoms with Crippen LogP contribution in [0.2, 0.25) is 0 Å². The predicted octanol–water partition coefficient (Wildman–Crippen LogP) is 6.16. The third-order valence-electron chi connectivity index (χ3n) is 10.6. The van der Waals surface area contributed by atoms with Crippen LogP contribution in [0.1, 0.15) is 82.3 Å². The van der Waals surface area contributed by atoms with E-state index in [9.17, 15) is 18.0 Å². The van der Waals surface area contributed by atoms with Crippen molar-refractivity contribution in [2.24, 2.45) is 17.8 Å². The number of rotatable bonds is 10. The number of sulfonamides is 1. The van der Waals surface area contributed by atoms with Crippen LogP contribution < -0.4 is 9.62 Å². The van der Waals surface area contributed by atoms with Crippen molar-refractivity contribution in [3.05, 3.63) is 64.1 Å². The molecule has 0 unspecified atom stereocenters. The second-order valence-corrected chi connectivity index (χ2v) is 16.7. The number of hydrogen-bond acceptors (Lipinski definition) is 4. The molecule has 0 spiro atoms. The van der Waals surface area contributed by atoms with E-state index in [0.717, 1.165) is 59.7 Å². The van der Waals surface area contributed by atoms with Crippen molar-refractivity contribution in [3.63, 3.8) is 0 Å². The van der Waals surface area contributed by atoms with E-state index in [1.165, 1.54) is 53.3 Å². The zero-order valence-corrected chi connectivity index (χ0v) is 27.7. The van der Waals surface area contributed by atoms with Gasteiger partial charge >= 0.3 is 0 Å². The molecule has 0 aliphatic heterocycles. The number of benzene rings is 2. The summed E-state index contributed by atoms with van der Waals surface area (Å²) in [5.41, 5.74) is 2.87. The van der Waals surface area contributed by atoms with Crippen LogP contribution in [-0.2, 0) is 31.6 Å². The van der Waals surface area contributed by atoms with Crippen LogP contribution >= 0.6 is 15.9 Å². The molecule has 5 aliphatic rings. The Bertz CT molecular complexity index is 1400. The lowest BCUT2D eigenvalue weighted by Gasteiger charge is -2.57. The molecule has 1 N–H and O–H groups in total. The third-order valence-corrected chi connectivity index (χ3v) is 12.3. The Labute approximate surface area is 265 Å². The predicted molar refractivity (Wildman–Crippen MR) is 173 cm³/mol. The van der Waals surface area contributed by atoms with Crippen molar-refractivity contribution in [2.75, 3.05) is 17.1 Å². The first-order valence-electron chi connectivity index (χ1n) is 15.9. The average molecular weight is 671 g/mol. The monoisotopic (exact) mass is 669 g/mol. The summed E-state index contributed by atoms with van der Waals surface area (Å²) in [6.45, 7) is 1.56. The fourth-order valence-electron chi connectivity index (χ4n) is 8.82. The Morgan fingerprint density at radius 1 is 0.930 bits per heavy atom. The van der Waals surface area contributed by atoms with Gasteiger partial charge < -0.3 is 10.2 Å². The number of carbonyl (C=O) groups excluding carboxylic acids is 2. The summed E-state index contributed by atoms with van der Waals surface area (Å²) in [5, 5.41) is 3.11. The van der Waals surface area contributed by atoms with Crippen LogP contribution in [-0.4, -0.2) is 50.0 Å². The second kappa shape index (κ2) is 12.2. The zero-order chi connectivity index (χ0) is 30.4. The lowest BCUT2D eigenvalue weighted by atomic mass is 9.48. The van der Waals surface area contributed by atoms with E-state index in [4.69, 9.17) is 0 Å². The van der Waals surface area contributed by atoms with E-state index in [2.05, 4.69) is 33.4 Å². The summed E-state index contributed by atoms with van der Waals surface area (Å²) in [4.78, 5) is 28.8. The molecule has 5 saturated carbocycles. The van der Waals surface area contributed by atoms with Crippen molar-refractivity contribution < 1.29 is 18.0 Å². The molecule has 43 heavy (non-hydrogen) atoms. The first kappa shape index (κ1) is 30.6. The number of anilines is 1. The van der Waals surface area contributed by atoms with Gasteiger partial charge in [0.1, 0.15) is 12.6 Å². The smallest absolute Gasteiger partial charge is 0.244 e. The summed E-state index contributed by atoms with van der Waals surface area (Å²) >= 11 is 3.45. The van der Waals surface area contributed by atoms with Gasteiger partial charge in [-0.1, -0.05) is 53.0 Å². The summed E-state index contributed by atoms with van der Waals surface area (Å²) in [6.07, 6.45) is 13.0. The second-order valence-electron chi connectivity index (χ2n) is 13.8. The molecule has 0 heterocycles. The normalized spacial score (nSPS) is 27.2. The minimum Gasteiger partial charge on any atom is -0.352 e. The van der Waals surface area contributed by atoms with Gasteiger partial charge in [0.15, 0.2) is 0 Å². The Kier molecular flexibility index (Phi) is 8.68. The van der Waals surface area contributed by atoms with Gasteiger partial charge in [-0.3, -0.25) is 13.9 Å². The molecule has 5 fully saturated rings. The van der Waals surface area contributed by atoms with E-state index in [-0.39, 0.29) is 30.5 Å². The van der Waals surface area contributed by atoms with Crippen molar-refractivity contribution in [3.8, 4) is 0 Å². The molecule has 9 heteroatoms. The number of carbonyl (C=O) groups is 2. The minimum absolute atomic E-state index is 0.125. The van der Waals surface area contributed by atoms with Crippen molar-refractivity contribution in [2.45, 2.75) is 95.2 Å². The largest absolute Gasteiger partial charge is 0.352 e. The Morgan fingerprint density at radius 2 is 1.49 bits per heavy atom. The highest BCUT2D eigenvalue weighted by Gasteiger charge is 2.51. The van der Waals surface area contributed by atoms with Crippen LogP contribution in [0.4, 0.5) is 5.69 Å². The molecule has 0 aromatic heterocycles. The Balaban J connectivity index is 1.22. The van der Waals surface area contributed by atoms with Crippen LogP contribution in [0.5, 0.6) is 0 Å². The maximum atomic E-state index is 14.0. The van der Waals surface area contributed by atoms with E-state index in [0.29, 0.717) is 5.69 Å². The summed E-state index contributed by atoms with van der Waals surface area (Å²) < 4.78 is 28.3. The van der Waals surface area contributed by atoms with Gasteiger partial charge in [-0.05, 0) is 117 Å². The molecule has 232 valence electrons. The van der Waals surface area contributed by atoms with Gasteiger partial charge in [0.2, 0.25) is 21.8 Å². The van der Waals surface area contributed by atoms with Gasteiger partial charge in [-0.15, -0.1) is 0 Å². The van der Waals surface area contributed by atoms with Crippen molar-refractivity contribution in [1.82, 2.24) is 10.2 Å². The number of nitrogens with zero attached hydrogens (tertiary/aromatic N) is 2. The van der Waals surface area contributed by atoms with Crippen molar-refractivity contribution >= 4 is 43.5 Å². The lowest BCUT2D eigenvalue weighted by Crippen LogP contribution is -2.52. The van der Waals surface area contributed by atoms with E-state index >= 15 is 0 Å². The molecule has 4 bridgehead atoms. The molecule has 1 atom stereocenters. The molecule has 7 rings (SSSR count). The molecule has 7 nitrogen and oxygen atoms in total. The first-order chi connectivity index (χ1) is 20.5. The summed E-state index contributed by atoms with van der Waals surface area (Å²) in [5.74, 6) is 1.85. The number of halogens is 1. The minimum atomic E-state index is -3.77. The van der Waals surface area contributed by atoms with E-state index in [1.807, 2.05) is 36.4 Å². The average Bonchev–Trinajstić information content (AvgIpc) is 3.47. The molecular weight excluding hydrogens is 626 g/mol. The van der Waals surface area contributed by atoms with E-state index < -0.39 is 22.0 Å². The van der Waals surface area contributed by atoms with E-state index in [1.54, 1.807) is 6.92 Å². The quantitative estimate of drug-likeness (QED) is 0.328. The van der Waals surface area contributed by atoms with Crippen LogP contribution in [0, 0.1) is 17.8 Å². The molecule has 0 saturated heterocycles. The van der Waals surface area contributed by atoms with Crippen LogP contribution in [0.25, 0.3) is 0 Å². The zero-order valence-electron chi connectivity index (χ0n) is 25.3. The SMILES string of the molecule is C[C@H](C(=O)NC1CCCC1)N(Cc1ccc(Br)cc1)C(=O)CN(c1ccc(C23CC4CC(CC(C4)C2)C3)cc1)S(C)(=O)=O. The topological polar surface area (TPSA) is 86.8 Å². The highest BCUT2D eigenvalue weighted by atomic mass is 79.9. The molecule has 5 aliphatic carbocycles. The number of amides is 2. The molecule has 0 radical (unpaired) electrons. The summed E-state index contributed by atoms with van der Waals surface area (Å²) in [7, 11) is -3.77. The third kappa shape index (κ3) is 6.68. The highest BCUT2D eigenvalue weighted by Crippen LogP contribution is 2.60. The Hall–Kier alpha value is -2.39. The summed E-state index contributed by atoms with van der Waals surface area (Å²) in [6, 6.07) is 14.9. The van der Waals surface area contributed by atoms with Crippen LogP contribution in [0.15, 0.2) is 53.0 Å². The van der Waals surface area contributed by atoms with Crippen LogP contribution in [0.3, 0.4) is 0 Å². The van der Waals surface area contributed by atoms with Gasteiger partial charge in [0, 0.05) is 17.1 Å². The maximum Gasteiger partial charge on any atom is 0.244 e. The molecule has 2 aromatic rings. The van der Waals surface area contributed by atoms with Gasteiger partial charge in [0.05, 0.1) is 11.9 Å². The fraction of sp³-hybridized carbons (Fsp3) is 0.588. The molecule has 2 aromatic carbocycles. The first-order valence-corrected chi connectivity index (χ1v) is 18.6. The highest BCUT2D eigenvalue weighted by molar-refractivity contribution is 9.10. The number of nitrogens with one attached hydrogen (secondary N) is 1.